The summed E-state index contributed by atoms with van der Waals surface area (Å²) in [5.74, 6) is 0.680. The summed E-state index contributed by atoms with van der Waals surface area (Å²) >= 11 is 6.05. The van der Waals surface area contributed by atoms with Crippen LogP contribution < -0.4 is 4.74 Å². The first kappa shape index (κ1) is 12.8. The quantitative estimate of drug-likeness (QED) is 0.585. The van der Waals surface area contributed by atoms with Crippen molar-refractivity contribution >= 4 is 17.7 Å². The van der Waals surface area contributed by atoms with Crippen molar-refractivity contribution in [2.45, 2.75) is 26.4 Å². The van der Waals surface area contributed by atoms with Crippen molar-refractivity contribution in [3.8, 4) is 5.75 Å². The van der Waals surface area contributed by atoms with Gasteiger partial charge in [-0.1, -0.05) is 17.7 Å². The lowest BCUT2D eigenvalue weighted by Gasteiger charge is -2.11. The number of hydrogen-bond acceptors (Lipinski definition) is 3. The molecular weight excluding hydrogens is 226 g/mol. The third-order valence-electron chi connectivity index (χ3n) is 1.94. The standard InChI is InChI=1S/C12H14ClNO2/c1-9(2)16-12-4-3-10(7-11(12)13)5-6-14-8-15/h3-4,7,9H,5-6H2,1-2H3. The van der Waals surface area contributed by atoms with Crippen molar-refractivity contribution in [1.82, 2.24) is 0 Å². The Bertz CT molecular complexity index is 398. The Morgan fingerprint density at radius 3 is 2.81 bits per heavy atom. The van der Waals surface area contributed by atoms with Crippen LogP contribution in [0.3, 0.4) is 0 Å². The summed E-state index contributed by atoms with van der Waals surface area (Å²) < 4.78 is 5.51. The van der Waals surface area contributed by atoms with Gasteiger partial charge < -0.3 is 4.74 Å². The van der Waals surface area contributed by atoms with E-state index in [1.807, 2.05) is 32.0 Å². The number of nitrogens with zero attached hydrogens (tertiary/aromatic N) is 1. The van der Waals surface area contributed by atoms with E-state index in [2.05, 4.69) is 4.99 Å². The van der Waals surface area contributed by atoms with Crippen LogP contribution in [0.4, 0.5) is 0 Å². The molecule has 0 saturated heterocycles. The average Bonchev–Trinajstić information content (AvgIpc) is 2.22. The zero-order chi connectivity index (χ0) is 12.0. The fourth-order valence-electron chi connectivity index (χ4n) is 1.28. The van der Waals surface area contributed by atoms with Crippen LogP contribution in [-0.4, -0.2) is 18.7 Å². The molecule has 86 valence electrons. The lowest BCUT2D eigenvalue weighted by Crippen LogP contribution is -2.06. The lowest BCUT2D eigenvalue weighted by atomic mass is 10.1. The van der Waals surface area contributed by atoms with E-state index in [0.29, 0.717) is 23.7 Å². The van der Waals surface area contributed by atoms with Crippen LogP contribution in [0, 0.1) is 0 Å². The molecule has 16 heavy (non-hydrogen) atoms. The third-order valence-corrected chi connectivity index (χ3v) is 2.23. The Morgan fingerprint density at radius 1 is 1.50 bits per heavy atom. The van der Waals surface area contributed by atoms with Gasteiger partial charge in [-0.15, -0.1) is 0 Å². The van der Waals surface area contributed by atoms with E-state index < -0.39 is 0 Å². The molecule has 0 N–H and O–H groups in total. The van der Waals surface area contributed by atoms with Crippen LogP contribution in [0.1, 0.15) is 19.4 Å². The van der Waals surface area contributed by atoms with E-state index in [1.54, 1.807) is 0 Å². The van der Waals surface area contributed by atoms with Gasteiger partial charge in [-0.2, -0.15) is 0 Å². The Hall–Kier alpha value is -1.31. The molecule has 0 unspecified atom stereocenters. The molecule has 1 aromatic carbocycles. The van der Waals surface area contributed by atoms with Crippen molar-refractivity contribution in [3.63, 3.8) is 0 Å². The molecule has 3 nitrogen and oxygen atoms in total. The number of ether oxygens (including phenoxy) is 1. The maximum absolute atomic E-state index is 9.90. The minimum absolute atomic E-state index is 0.100. The van der Waals surface area contributed by atoms with Gasteiger partial charge in [0.15, 0.2) is 0 Å². The van der Waals surface area contributed by atoms with Gasteiger partial charge in [-0.05, 0) is 38.0 Å². The van der Waals surface area contributed by atoms with Gasteiger partial charge in [0.25, 0.3) is 0 Å². The van der Waals surface area contributed by atoms with Crippen molar-refractivity contribution in [3.05, 3.63) is 28.8 Å². The number of benzene rings is 1. The molecule has 0 aliphatic rings. The molecule has 0 fully saturated rings. The smallest absolute Gasteiger partial charge is 0.234 e. The highest BCUT2D eigenvalue weighted by atomic mass is 35.5. The van der Waals surface area contributed by atoms with Gasteiger partial charge in [-0.25, -0.2) is 9.79 Å². The monoisotopic (exact) mass is 239 g/mol. The molecular formula is C12H14ClNO2. The molecule has 0 radical (unpaired) electrons. The highest BCUT2D eigenvalue weighted by molar-refractivity contribution is 6.32. The molecule has 0 amide bonds. The van der Waals surface area contributed by atoms with E-state index in [-0.39, 0.29) is 6.10 Å². The van der Waals surface area contributed by atoms with Crippen LogP contribution in [-0.2, 0) is 11.2 Å². The Morgan fingerprint density at radius 2 is 2.25 bits per heavy atom. The maximum Gasteiger partial charge on any atom is 0.234 e. The fourth-order valence-corrected chi connectivity index (χ4v) is 1.53. The minimum Gasteiger partial charge on any atom is -0.489 e. The second-order valence-electron chi connectivity index (χ2n) is 3.65. The molecule has 0 aliphatic carbocycles. The van der Waals surface area contributed by atoms with Crippen LogP contribution >= 0.6 is 11.6 Å². The lowest BCUT2D eigenvalue weighted by molar-refractivity contribution is 0.242. The second kappa shape index (κ2) is 6.31. The predicted octanol–water partition coefficient (Wildman–Crippen LogP) is 3.01. The van der Waals surface area contributed by atoms with Crippen molar-refractivity contribution in [1.29, 1.82) is 0 Å². The van der Waals surface area contributed by atoms with E-state index in [0.717, 1.165) is 5.56 Å². The summed E-state index contributed by atoms with van der Waals surface area (Å²) in [4.78, 5) is 13.4. The predicted molar refractivity (Wildman–Crippen MR) is 63.9 cm³/mol. The molecule has 0 saturated carbocycles. The van der Waals surface area contributed by atoms with Crippen LogP contribution in [0.2, 0.25) is 5.02 Å². The zero-order valence-electron chi connectivity index (χ0n) is 9.37. The van der Waals surface area contributed by atoms with E-state index in [1.165, 1.54) is 6.08 Å². The summed E-state index contributed by atoms with van der Waals surface area (Å²) in [6.45, 7) is 4.33. The molecule has 0 heterocycles. The largest absolute Gasteiger partial charge is 0.489 e. The van der Waals surface area contributed by atoms with Gasteiger partial charge in [-0.3, -0.25) is 0 Å². The summed E-state index contributed by atoms with van der Waals surface area (Å²) in [5.41, 5.74) is 1.03. The number of rotatable bonds is 5. The minimum atomic E-state index is 0.100. The molecule has 0 aromatic heterocycles. The van der Waals surface area contributed by atoms with Gasteiger partial charge in [0.1, 0.15) is 5.75 Å². The van der Waals surface area contributed by atoms with Crippen molar-refractivity contribution in [2.75, 3.05) is 6.54 Å². The summed E-state index contributed by atoms with van der Waals surface area (Å²) in [6, 6.07) is 5.59. The van der Waals surface area contributed by atoms with Gasteiger partial charge in [0.05, 0.1) is 17.7 Å². The number of isocyanates is 1. The molecule has 1 aromatic rings. The van der Waals surface area contributed by atoms with E-state index in [4.69, 9.17) is 16.3 Å². The SMILES string of the molecule is CC(C)Oc1ccc(CCN=C=O)cc1Cl. The van der Waals surface area contributed by atoms with Crippen LogP contribution in [0.25, 0.3) is 0 Å². The van der Waals surface area contributed by atoms with Gasteiger partial charge >= 0.3 is 0 Å². The summed E-state index contributed by atoms with van der Waals surface area (Å²) in [6.07, 6.45) is 2.28. The van der Waals surface area contributed by atoms with Crippen molar-refractivity contribution in [2.24, 2.45) is 4.99 Å². The van der Waals surface area contributed by atoms with Gasteiger partial charge in [0, 0.05) is 0 Å². The molecule has 0 bridgehead atoms. The second-order valence-corrected chi connectivity index (χ2v) is 4.06. The maximum atomic E-state index is 9.90. The van der Waals surface area contributed by atoms with Gasteiger partial charge in [0.2, 0.25) is 6.08 Å². The average molecular weight is 240 g/mol. The first-order valence-electron chi connectivity index (χ1n) is 5.12. The first-order chi connectivity index (χ1) is 7.63. The molecule has 0 spiro atoms. The number of aliphatic imine (C=N–C) groups is 1. The fraction of sp³-hybridized carbons (Fsp3) is 0.417. The third kappa shape index (κ3) is 4.05. The normalized spacial score (nSPS) is 10.0. The van der Waals surface area contributed by atoms with Crippen molar-refractivity contribution < 1.29 is 9.53 Å². The van der Waals surface area contributed by atoms with E-state index >= 15 is 0 Å². The number of halogens is 1. The summed E-state index contributed by atoms with van der Waals surface area (Å²) in [7, 11) is 0. The van der Waals surface area contributed by atoms with E-state index in [9.17, 15) is 4.79 Å². The van der Waals surface area contributed by atoms with Crippen LogP contribution in [0.15, 0.2) is 23.2 Å². The topological polar surface area (TPSA) is 38.7 Å². The summed E-state index contributed by atoms with van der Waals surface area (Å²) in [5, 5.41) is 0.585. The highest BCUT2D eigenvalue weighted by Gasteiger charge is 2.04. The first-order valence-corrected chi connectivity index (χ1v) is 5.50. The highest BCUT2D eigenvalue weighted by Crippen LogP contribution is 2.26. The number of hydrogen-bond donors (Lipinski definition) is 0. The Kier molecular flexibility index (Phi) is 5.03. The Labute approximate surface area is 100 Å². The molecule has 0 atom stereocenters. The molecule has 1 rings (SSSR count). The molecule has 4 heteroatoms. The Balaban J connectivity index is 2.70. The molecule has 0 aliphatic heterocycles. The zero-order valence-corrected chi connectivity index (χ0v) is 10.1. The van der Waals surface area contributed by atoms with Crippen LogP contribution in [0.5, 0.6) is 5.75 Å². The number of carbonyl (C=O) groups excluding carboxylic acids is 1.